The normalized spacial score (nSPS) is 11.4. The fraction of sp³-hybridized carbons (Fsp3) is 0.273. The first-order valence-electron chi connectivity index (χ1n) is 4.66. The van der Waals surface area contributed by atoms with Gasteiger partial charge in [-0.2, -0.15) is 5.26 Å². The zero-order valence-corrected chi connectivity index (χ0v) is 10.8. The van der Waals surface area contributed by atoms with Gasteiger partial charge in [-0.15, -0.1) is 0 Å². The molecule has 0 unspecified atom stereocenters. The van der Waals surface area contributed by atoms with Crippen molar-refractivity contribution in [1.29, 1.82) is 5.26 Å². The molecule has 0 aliphatic rings. The second-order valence-corrected chi connectivity index (χ2v) is 4.04. The molecule has 1 aromatic carbocycles. The van der Waals surface area contributed by atoms with Gasteiger partial charge >= 0.3 is 5.97 Å². The lowest BCUT2D eigenvalue weighted by molar-refractivity contribution is 0.0435. The number of nitriles is 1. The van der Waals surface area contributed by atoms with Crippen molar-refractivity contribution in [2.75, 3.05) is 7.11 Å². The molecule has 0 aromatic heterocycles. The van der Waals surface area contributed by atoms with Crippen molar-refractivity contribution in [3.05, 3.63) is 22.2 Å². The number of phenolic OH excluding ortho intramolecular Hbond substituents is 1. The largest absolute Gasteiger partial charge is 0.503 e. The van der Waals surface area contributed by atoms with E-state index in [0.717, 1.165) is 0 Å². The lowest BCUT2D eigenvalue weighted by atomic mass is 10.2. The van der Waals surface area contributed by atoms with Crippen LogP contribution in [0.15, 0.2) is 16.6 Å². The van der Waals surface area contributed by atoms with E-state index in [1.807, 2.05) is 0 Å². The van der Waals surface area contributed by atoms with Crippen LogP contribution in [-0.2, 0) is 4.74 Å². The van der Waals surface area contributed by atoms with E-state index < -0.39 is 12.1 Å². The van der Waals surface area contributed by atoms with Crippen LogP contribution in [0, 0.1) is 11.3 Å². The maximum Gasteiger partial charge on any atom is 0.339 e. The number of hydrogen-bond donors (Lipinski definition) is 1. The Morgan fingerprint density at radius 2 is 2.24 bits per heavy atom. The van der Waals surface area contributed by atoms with Crippen LogP contribution in [0.4, 0.5) is 0 Å². The minimum atomic E-state index is -0.832. The summed E-state index contributed by atoms with van der Waals surface area (Å²) in [6.07, 6.45) is -0.832. The molecule has 0 fully saturated rings. The van der Waals surface area contributed by atoms with E-state index in [2.05, 4.69) is 15.9 Å². The van der Waals surface area contributed by atoms with Crippen LogP contribution < -0.4 is 4.74 Å². The molecule has 0 aliphatic carbocycles. The van der Waals surface area contributed by atoms with Gasteiger partial charge in [0.2, 0.25) is 0 Å². The number of phenols is 1. The molecule has 1 N–H and O–H groups in total. The topological polar surface area (TPSA) is 79.5 Å². The first kappa shape index (κ1) is 13.3. The zero-order valence-electron chi connectivity index (χ0n) is 9.23. The highest BCUT2D eigenvalue weighted by Gasteiger charge is 2.16. The fourth-order valence-electron chi connectivity index (χ4n) is 1.10. The van der Waals surface area contributed by atoms with Crippen LogP contribution in [0.25, 0.3) is 0 Å². The second-order valence-electron chi connectivity index (χ2n) is 3.19. The number of ether oxygens (including phenoxy) is 2. The molecule has 0 saturated carbocycles. The first-order valence-corrected chi connectivity index (χ1v) is 5.46. The molecule has 0 amide bonds. The number of halogens is 1. The maximum absolute atomic E-state index is 11.6. The van der Waals surface area contributed by atoms with Crippen molar-refractivity contribution in [2.45, 2.75) is 13.0 Å². The highest BCUT2D eigenvalue weighted by Crippen LogP contribution is 2.35. The van der Waals surface area contributed by atoms with Gasteiger partial charge in [-0.1, -0.05) is 0 Å². The van der Waals surface area contributed by atoms with Crippen molar-refractivity contribution in [2.24, 2.45) is 0 Å². The number of aromatic hydroxyl groups is 1. The van der Waals surface area contributed by atoms with Gasteiger partial charge in [0.05, 0.1) is 17.1 Å². The summed E-state index contributed by atoms with van der Waals surface area (Å²) in [6, 6.07) is 4.52. The Kier molecular flexibility index (Phi) is 4.35. The Morgan fingerprint density at radius 1 is 1.59 bits per heavy atom. The van der Waals surface area contributed by atoms with Crippen molar-refractivity contribution < 1.29 is 19.4 Å². The van der Waals surface area contributed by atoms with Crippen LogP contribution in [0.1, 0.15) is 17.3 Å². The van der Waals surface area contributed by atoms with Gasteiger partial charge in [0.25, 0.3) is 0 Å². The minimum absolute atomic E-state index is 0.0996. The first-order chi connectivity index (χ1) is 7.99. The Labute approximate surface area is 107 Å². The molecule has 1 atom stereocenters. The quantitative estimate of drug-likeness (QED) is 0.866. The number of rotatable bonds is 3. The molecule has 1 aromatic rings. The van der Waals surface area contributed by atoms with E-state index in [1.54, 1.807) is 6.07 Å². The van der Waals surface area contributed by atoms with Crippen LogP contribution in [0.2, 0.25) is 0 Å². The van der Waals surface area contributed by atoms with Crippen LogP contribution >= 0.6 is 15.9 Å². The smallest absolute Gasteiger partial charge is 0.339 e. The second kappa shape index (κ2) is 5.55. The lowest BCUT2D eigenvalue weighted by Gasteiger charge is -2.09. The van der Waals surface area contributed by atoms with Crippen LogP contribution in [0.3, 0.4) is 0 Å². The molecule has 0 spiro atoms. The third-order valence-corrected chi connectivity index (χ3v) is 2.55. The molecule has 5 nitrogen and oxygen atoms in total. The van der Waals surface area contributed by atoms with E-state index in [1.165, 1.54) is 26.2 Å². The molecular weight excluding hydrogens is 290 g/mol. The number of hydrogen-bond acceptors (Lipinski definition) is 5. The maximum atomic E-state index is 11.6. The monoisotopic (exact) mass is 299 g/mol. The van der Waals surface area contributed by atoms with Crippen molar-refractivity contribution in [3.8, 4) is 17.6 Å². The Bertz CT molecular complexity index is 481. The lowest BCUT2D eigenvalue weighted by Crippen LogP contribution is -2.13. The highest BCUT2D eigenvalue weighted by molar-refractivity contribution is 9.10. The van der Waals surface area contributed by atoms with E-state index in [-0.39, 0.29) is 17.1 Å². The highest BCUT2D eigenvalue weighted by atomic mass is 79.9. The van der Waals surface area contributed by atoms with E-state index in [9.17, 15) is 9.90 Å². The van der Waals surface area contributed by atoms with Gasteiger partial charge in [0.1, 0.15) is 6.07 Å². The molecule has 6 heteroatoms. The van der Waals surface area contributed by atoms with Crippen LogP contribution in [0.5, 0.6) is 11.5 Å². The van der Waals surface area contributed by atoms with Gasteiger partial charge in [0.15, 0.2) is 17.6 Å². The third-order valence-electron chi connectivity index (χ3n) is 1.95. The molecule has 1 rings (SSSR count). The molecule has 0 aliphatic heterocycles. The van der Waals surface area contributed by atoms with E-state index in [4.69, 9.17) is 14.7 Å². The van der Waals surface area contributed by atoms with Gasteiger partial charge in [-0.05, 0) is 35.0 Å². The Morgan fingerprint density at radius 3 is 2.76 bits per heavy atom. The standard InChI is InChI=1S/C11H10BrNO4/c1-6(5-13)17-11(15)7-3-8(12)10(14)9(4-7)16-2/h3-4,6,14H,1-2H3/t6-/m0/s1. The Balaban J connectivity index is 3.04. The van der Waals surface area contributed by atoms with Gasteiger partial charge < -0.3 is 14.6 Å². The molecule has 90 valence electrons. The predicted octanol–water partition coefficient (Wildman–Crippen LogP) is 2.23. The van der Waals surface area contributed by atoms with Gasteiger partial charge in [-0.25, -0.2) is 4.79 Å². The molecular formula is C11H10BrNO4. The third kappa shape index (κ3) is 3.11. The van der Waals surface area contributed by atoms with E-state index in [0.29, 0.717) is 4.47 Å². The number of methoxy groups -OCH3 is 1. The van der Waals surface area contributed by atoms with Gasteiger partial charge in [0, 0.05) is 0 Å². The van der Waals surface area contributed by atoms with Crippen molar-refractivity contribution in [3.63, 3.8) is 0 Å². The van der Waals surface area contributed by atoms with Crippen molar-refractivity contribution in [1.82, 2.24) is 0 Å². The summed E-state index contributed by atoms with van der Waals surface area (Å²) in [4.78, 5) is 11.6. The summed E-state index contributed by atoms with van der Waals surface area (Å²) in [5.74, 6) is -0.605. The number of carbonyl (C=O) groups excluding carboxylic acids is 1. The van der Waals surface area contributed by atoms with Crippen LogP contribution in [-0.4, -0.2) is 24.3 Å². The minimum Gasteiger partial charge on any atom is -0.503 e. The summed E-state index contributed by atoms with van der Waals surface area (Å²) in [7, 11) is 1.37. The molecule has 0 heterocycles. The average molecular weight is 300 g/mol. The zero-order chi connectivity index (χ0) is 13.0. The predicted molar refractivity (Wildman–Crippen MR) is 62.8 cm³/mol. The summed E-state index contributed by atoms with van der Waals surface area (Å²) in [5, 5.41) is 18.1. The summed E-state index contributed by atoms with van der Waals surface area (Å²) < 4.78 is 10.0. The summed E-state index contributed by atoms with van der Waals surface area (Å²) in [5.41, 5.74) is 0.189. The average Bonchev–Trinajstić information content (AvgIpc) is 2.32. The Hall–Kier alpha value is -1.74. The van der Waals surface area contributed by atoms with Crippen molar-refractivity contribution >= 4 is 21.9 Å². The SMILES string of the molecule is COc1cc(C(=O)O[C@@H](C)C#N)cc(Br)c1O. The molecule has 0 bridgehead atoms. The number of esters is 1. The van der Waals surface area contributed by atoms with Gasteiger partial charge in [-0.3, -0.25) is 0 Å². The number of carbonyl (C=O) groups is 1. The number of nitrogens with zero attached hydrogens (tertiary/aromatic N) is 1. The molecule has 0 radical (unpaired) electrons. The fourth-order valence-corrected chi connectivity index (χ4v) is 1.54. The summed E-state index contributed by atoms with van der Waals surface area (Å²) >= 11 is 3.09. The molecule has 17 heavy (non-hydrogen) atoms. The van der Waals surface area contributed by atoms with E-state index >= 15 is 0 Å². The number of benzene rings is 1. The molecule has 0 saturated heterocycles. The summed E-state index contributed by atoms with van der Waals surface area (Å²) in [6.45, 7) is 1.46.